The molecular formula is C16H23NO3. The Balaban J connectivity index is 2.48. The summed E-state index contributed by atoms with van der Waals surface area (Å²) in [6.07, 6.45) is 3.33. The first-order valence-corrected chi connectivity index (χ1v) is 6.94. The topological polar surface area (TPSA) is 58.6 Å². The van der Waals surface area contributed by atoms with Gasteiger partial charge in [0, 0.05) is 18.7 Å². The highest BCUT2D eigenvalue weighted by Gasteiger charge is 2.09. The van der Waals surface area contributed by atoms with Gasteiger partial charge in [0.1, 0.15) is 12.4 Å². The summed E-state index contributed by atoms with van der Waals surface area (Å²) in [6.45, 7) is 6.83. The Morgan fingerprint density at radius 1 is 1.45 bits per heavy atom. The Morgan fingerprint density at radius 2 is 2.15 bits per heavy atom. The van der Waals surface area contributed by atoms with Crippen LogP contribution in [0.15, 0.2) is 36.9 Å². The zero-order chi connectivity index (χ0) is 14.8. The van der Waals surface area contributed by atoms with Gasteiger partial charge in [0.05, 0.1) is 0 Å². The lowest BCUT2D eigenvalue weighted by Gasteiger charge is -2.14. The number of ether oxygens (including phenoxy) is 1. The molecule has 0 aliphatic heterocycles. The highest BCUT2D eigenvalue weighted by Crippen LogP contribution is 2.12. The Hall–Kier alpha value is -1.81. The molecule has 1 aromatic rings. The van der Waals surface area contributed by atoms with Crippen LogP contribution in [-0.2, 0) is 0 Å². The molecule has 2 N–H and O–H groups in total. The number of carbonyl (C=O) groups is 1. The fraction of sp³-hybridized carbons (Fsp3) is 0.438. The van der Waals surface area contributed by atoms with Crippen molar-refractivity contribution in [2.75, 3.05) is 19.8 Å². The Kier molecular flexibility index (Phi) is 7.43. The molecule has 1 aromatic carbocycles. The number of hydrogen-bond donors (Lipinski definition) is 2. The van der Waals surface area contributed by atoms with Crippen molar-refractivity contribution in [2.45, 2.75) is 19.8 Å². The number of rotatable bonds is 9. The molecule has 110 valence electrons. The van der Waals surface area contributed by atoms with Crippen LogP contribution in [0.2, 0.25) is 0 Å². The standard InChI is InChI=1S/C16H23NO3/c1-3-11-20-15-7-5-14(6-8-15)16(19)17-12-13(4-2)9-10-18/h3,5-8,13,18H,1,4,9-12H2,2H3,(H,17,19). The third kappa shape index (κ3) is 5.45. The minimum atomic E-state index is -0.100. The molecule has 0 spiro atoms. The minimum absolute atomic E-state index is 0.100. The molecule has 0 aliphatic carbocycles. The van der Waals surface area contributed by atoms with Crippen molar-refractivity contribution in [3.8, 4) is 5.75 Å². The highest BCUT2D eigenvalue weighted by atomic mass is 16.5. The lowest BCUT2D eigenvalue weighted by atomic mass is 10.0. The van der Waals surface area contributed by atoms with Crippen molar-refractivity contribution in [3.63, 3.8) is 0 Å². The maximum absolute atomic E-state index is 12.0. The Bertz CT molecular complexity index is 414. The van der Waals surface area contributed by atoms with Crippen molar-refractivity contribution in [2.24, 2.45) is 5.92 Å². The van der Waals surface area contributed by atoms with Crippen LogP contribution in [0.5, 0.6) is 5.75 Å². The van der Waals surface area contributed by atoms with Gasteiger partial charge in [0.25, 0.3) is 5.91 Å². The molecule has 1 unspecified atom stereocenters. The molecular weight excluding hydrogens is 254 g/mol. The average Bonchev–Trinajstić information content (AvgIpc) is 2.49. The normalized spacial score (nSPS) is 11.7. The van der Waals surface area contributed by atoms with Crippen molar-refractivity contribution in [3.05, 3.63) is 42.5 Å². The van der Waals surface area contributed by atoms with E-state index in [0.29, 0.717) is 36.8 Å². The van der Waals surface area contributed by atoms with E-state index in [4.69, 9.17) is 9.84 Å². The zero-order valence-corrected chi connectivity index (χ0v) is 12.0. The molecule has 0 saturated heterocycles. The molecule has 0 radical (unpaired) electrons. The van der Waals surface area contributed by atoms with Gasteiger partial charge < -0.3 is 15.2 Å². The number of hydrogen-bond acceptors (Lipinski definition) is 3. The molecule has 4 nitrogen and oxygen atoms in total. The second-order valence-electron chi connectivity index (χ2n) is 4.62. The Morgan fingerprint density at radius 3 is 2.70 bits per heavy atom. The summed E-state index contributed by atoms with van der Waals surface area (Å²) in [4.78, 5) is 12.0. The fourth-order valence-electron chi connectivity index (χ4n) is 1.83. The first-order chi connectivity index (χ1) is 9.71. The number of nitrogens with one attached hydrogen (secondary N) is 1. The predicted molar refractivity (Wildman–Crippen MR) is 80.0 cm³/mol. The van der Waals surface area contributed by atoms with E-state index in [9.17, 15) is 4.79 Å². The van der Waals surface area contributed by atoms with Crippen LogP contribution >= 0.6 is 0 Å². The van der Waals surface area contributed by atoms with Crippen LogP contribution in [0.3, 0.4) is 0 Å². The number of carbonyl (C=O) groups excluding carboxylic acids is 1. The first-order valence-electron chi connectivity index (χ1n) is 6.94. The van der Waals surface area contributed by atoms with Gasteiger partial charge in [-0.15, -0.1) is 0 Å². The van der Waals surface area contributed by atoms with Gasteiger partial charge in [0.2, 0.25) is 0 Å². The second kappa shape index (κ2) is 9.15. The number of aliphatic hydroxyl groups excluding tert-OH is 1. The molecule has 0 bridgehead atoms. The zero-order valence-electron chi connectivity index (χ0n) is 12.0. The fourth-order valence-corrected chi connectivity index (χ4v) is 1.83. The van der Waals surface area contributed by atoms with E-state index >= 15 is 0 Å². The average molecular weight is 277 g/mol. The summed E-state index contributed by atoms with van der Waals surface area (Å²) < 4.78 is 5.36. The van der Waals surface area contributed by atoms with E-state index in [1.807, 2.05) is 0 Å². The summed E-state index contributed by atoms with van der Waals surface area (Å²) in [5.74, 6) is 0.934. The molecule has 0 fully saturated rings. The predicted octanol–water partition coefficient (Wildman–Crippen LogP) is 2.39. The summed E-state index contributed by atoms with van der Waals surface area (Å²) in [5, 5.41) is 11.8. The van der Waals surface area contributed by atoms with Gasteiger partial charge in [-0.25, -0.2) is 0 Å². The van der Waals surface area contributed by atoms with Crippen LogP contribution in [0.25, 0.3) is 0 Å². The maximum atomic E-state index is 12.0. The molecule has 20 heavy (non-hydrogen) atoms. The minimum Gasteiger partial charge on any atom is -0.490 e. The number of benzene rings is 1. The maximum Gasteiger partial charge on any atom is 0.251 e. The van der Waals surface area contributed by atoms with E-state index < -0.39 is 0 Å². The molecule has 1 amide bonds. The third-order valence-electron chi connectivity index (χ3n) is 3.15. The van der Waals surface area contributed by atoms with Crippen molar-refractivity contribution in [1.29, 1.82) is 0 Å². The van der Waals surface area contributed by atoms with Crippen molar-refractivity contribution in [1.82, 2.24) is 5.32 Å². The van der Waals surface area contributed by atoms with Crippen LogP contribution in [0.4, 0.5) is 0 Å². The van der Waals surface area contributed by atoms with Gasteiger partial charge >= 0.3 is 0 Å². The van der Waals surface area contributed by atoms with Gasteiger partial charge in [0.15, 0.2) is 0 Å². The smallest absolute Gasteiger partial charge is 0.251 e. The molecule has 0 heterocycles. The molecule has 0 aliphatic rings. The summed E-state index contributed by atoms with van der Waals surface area (Å²) >= 11 is 0. The van der Waals surface area contributed by atoms with E-state index in [1.165, 1.54) is 0 Å². The molecule has 0 aromatic heterocycles. The van der Waals surface area contributed by atoms with Crippen LogP contribution in [0, 0.1) is 5.92 Å². The third-order valence-corrected chi connectivity index (χ3v) is 3.15. The van der Waals surface area contributed by atoms with E-state index in [0.717, 1.165) is 6.42 Å². The number of aliphatic hydroxyl groups is 1. The van der Waals surface area contributed by atoms with Gasteiger partial charge in [-0.1, -0.05) is 26.0 Å². The van der Waals surface area contributed by atoms with E-state index in [-0.39, 0.29) is 12.5 Å². The van der Waals surface area contributed by atoms with Crippen molar-refractivity contribution >= 4 is 5.91 Å². The number of amides is 1. The highest BCUT2D eigenvalue weighted by molar-refractivity contribution is 5.94. The molecule has 4 heteroatoms. The van der Waals surface area contributed by atoms with Crippen LogP contribution in [-0.4, -0.2) is 30.8 Å². The Labute approximate surface area is 120 Å². The van der Waals surface area contributed by atoms with E-state index in [1.54, 1.807) is 30.3 Å². The lowest BCUT2D eigenvalue weighted by Crippen LogP contribution is -2.29. The van der Waals surface area contributed by atoms with Gasteiger partial charge in [-0.3, -0.25) is 4.79 Å². The van der Waals surface area contributed by atoms with Crippen LogP contribution in [0.1, 0.15) is 30.1 Å². The van der Waals surface area contributed by atoms with E-state index in [2.05, 4.69) is 18.8 Å². The summed E-state index contributed by atoms with van der Waals surface area (Å²) in [6, 6.07) is 7.01. The summed E-state index contributed by atoms with van der Waals surface area (Å²) in [5.41, 5.74) is 0.606. The molecule has 1 rings (SSSR count). The quantitative estimate of drug-likeness (QED) is 0.681. The monoisotopic (exact) mass is 277 g/mol. The first kappa shape index (κ1) is 16.2. The van der Waals surface area contributed by atoms with Gasteiger partial charge in [-0.2, -0.15) is 0 Å². The second-order valence-corrected chi connectivity index (χ2v) is 4.62. The summed E-state index contributed by atoms with van der Waals surface area (Å²) in [7, 11) is 0. The SMILES string of the molecule is C=CCOc1ccc(C(=O)NCC(CC)CCO)cc1. The largest absolute Gasteiger partial charge is 0.490 e. The lowest BCUT2D eigenvalue weighted by molar-refractivity contribution is 0.0943. The molecule has 1 atom stereocenters. The van der Waals surface area contributed by atoms with Crippen molar-refractivity contribution < 1.29 is 14.6 Å². The van der Waals surface area contributed by atoms with Gasteiger partial charge in [-0.05, 0) is 36.6 Å². The van der Waals surface area contributed by atoms with Crippen LogP contribution < -0.4 is 10.1 Å². The molecule has 0 saturated carbocycles.